The van der Waals surface area contributed by atoms with Crippen molar-refractivity contribution in [2.75, 3.05) is 26.0 Å². The first kappa shape index (κ1) is 15.9. The van der Waals surface area contributed by atoms with Crippen LogP contribution in [0.4, 0.5) is 0 Å². The third-order valence-electron chi connectivity index (χ3n) is 3.51. The molecule has 0 aliphatic carbocycles. The van der Waals surface area contributed by atoms with Crippen LogP contribution in [0.3, 0.4) is 0 Å². The Hall–Kier alpha value is -1.53. The number of hydrogen-bond donors (Lipinski definition) is 1. The molecule has 0 spiro atoms. The quantitative estimate of drug-likeness (QED) is 0.844. The van der Waals surface area contributed by atoms with Gasteiger partial charge in [-0.1, -0.05) is 12.1 Å². The standard InChI is InChI=1S/C15H19NO4S/c1-21-13-5-3-2-4-12(13)15(19)16-8-6-11(7-9-16)20-10-14(17)18/h2-5,11H,6-10H2,1H3,(H,17,18). The molecule has 1 N–H and O–H groups in total. The molecule has 6 heteroatoms. The summed E-state index contributed by atoms with van der Waals surface area (Å²) >= 11 is 1.56. The van der Waals surface area contributed by atoms with Crippen LogP contribution < -0.4 is 0 Å². The van der Waals surface area contributed by atoms with Gasteiger partial charge in [-0.25, -0.2) is 4.79 Å². The van der Waals surface area contributed by atoms with Gasteiger partial charge in [-0.05, 0) is 31.2 Å². The maximum atomic E-state index is 12.5. The lowest BCUT2D eigenvalue weighted by Gasteiger charge is -2.32. The van der Waals surface area contributed by atoms with Crippen molar-refractivity contribution in [1.82, 2.24) is 4.90 Å². The summed E-state index contributed by atoms with van der Waals surface area (Å²) < 4.78 is 5.28. The molecule has 0 bridgehead atoms. The number of ether oxygens (including phenoxy) is 1. The highest BCUT2D eigenvalue weighted by Gasteiger charge is 2.25. The lowest BCUT2D eigenvalue weighted by atomic mass is 10.1. The van der Waals surface area contributed by atoms with Gasteiger partial charge in [-0.2, -0.15) is 0 Å². The average molecular weight is 309 g/mol. The second-order valence-electron chi connectivity index (χ2n) is 4.90. The highest BCUT2D eigenvalue weighted by molar-refractivity contribution is 7.98. The second-order valence-corrected chi connectivity index (χ2v) is 5.74. The van der Waals surface area contributed by atoms with Gasteiger partial charge < -0.3 is 14.7 Å². The van der Waals surface area contributed by atoms with E-state index in [1.54, 1.807) is 11.8 Å². The molecule has 1 saturated heterocycles. The number of piperidine rings is 1. The number of thioether (sulfide) groups is 1. The molecule has 1 amide bonds. The van der Waals surface area contributed by atoms with Crippen LogP contribution in [0.1, 0.15) is 23.2 Å². The van der Waals surface area contributed by atoms with Gasteiger partial charge in [0.1, 0.15) is 6.61 Å². The summed E-state index contributed by atoms with van der Waals surface area (Å²) in [7, 11) is 0. The number of carbonyl (C=O) groups is 2. The zero-order valence-electron chi connectivity index (χ0n) is 11.9. The van der Waals surface area contributed by atoms with E-state index >= 15 is 0 Å². The lowest BCUT2D eigenvalue weighted by Crippen LogP contribution is -2.41. The largest absolute Gasteiger partial charge is 0.480 e. The molecular weight excluding hydrogens is 290 g/mol. The molecule has 0 saturated carbocycles. The Bertz CT molecular complexity index is 512. The summed E-state index contributed by atoms with van der Waals surface area (Å²) in [6, 6.07) is 7.59. The molecule has 1 aromatic carbocycles. The van der Waals surface area contributed by atoms with E-state index in [0.717, 1.165) is 10.5 Å². The minimum atomic E-state index is -0.956. The van der Waals surface area contributed by atoms with Crippen molar-refractivity contribution in [3.8, 4) is 0 Å². The Morgan fingerprint density at radius 2 is 2.00 bits per heavy atom. The van der Waals surface area contributed by atoms with Crippen molar-refractivity contribution in [3.63, 3.8) is 0 Å². The van der Waals surface area contributed by atoms with Crippen molar-refractivity contribution in [2.24, 2.45) is 0 Å². The zero-order valence-corrected chi connectivity index (χ0v) is 12.8. The maximum Gasteiger partial charge on any atom is 0.329 e. The van der Waals surface area contributed by atoms with E-state index in [1.165, 1.54) is 0 Å². The minimum absolute atomic E-state index is 0.0386. The molecule has 1 aliphatic rings. The van der Waals surface area contributed by atoms with Gasteiger partial charge in [-0.3, -0.25) is 4.79 Å². The van der Waals surface area contributed by atoms with Crippen LogP contribution >= 0.6 is 11.8 Å². The van der Waals surface area contributed by atoms with Crippen molar-refractivity contribution in [3.05, 3.63) is 29.8 Å². The Morgan fingerprint density at radius 3 is 2.62 bits per heavy atom. The molecule has 2 rings (SSSR count). The van der Waals surface area contributed by atoms with Crippen LogP contribution in [0.15, 0.2) is 29.2 Å². The van der Waals surface area contributed by atoms with Crippen molar-refractivity contribution in [2.45, 2.75) is 23.8 Å². The van der Waals surface area contributed by atoms with Crippen LogP contribution in [0.25, 0.3) is 0 Å². The first-order valence-corrected chi connectivity index (χ1v) is 8.10. The monoisotopic (exact) mass is 309 g/mol. The zero-order chi connectivity index (χ0) is 15.2. The molecule has 0 aromatic heterocycles. The van der Waals surface area contributed by atoms with E-state index in [1.807, 2.05) is 35.4 Å². The van der Waals surface area contributed by atoms with Gasteiger partial charge in [0.2, 0.25) is 0 Å². The summed E-state index contributed by atoms with van der Waals surface area (Å²) in [5.74, 6) is -0.918. The summed E-state index contributed by atoms with van der Waals surface area (Å²) in [5.41, 5.74) is 0.731. The maximum absolute atomic E-state index is 12.5. The first-order valence-electron chi connectivity index (χ1n) is 6.87. The number of aliphatic carboxylic acids is 1. The molecule has 0 unspecified atom stereocenters. The van der Waals surface area contributed by atoms with Crippen LogP contribution in [0.2, 0.25) is 0 Å². The number of carboxylic acid groups (broad SMARTS) is 1. The van der Waals surface area contributed by atoms with Crippen molar-refractivity contribution < 1.29 is 19.4 Å². The third kappa shape index (κ3) is 4.22. The summed E-state index contributed by atoms with van der Waals surface area (Å²) in [4.78, 5) is 25.8. The number of carbonyl (C=O) groups excluding carboxylic acids is 1. The smallest absolute Gasteiger partial charge is 0.329 e. The van der Waals surface area contributed by atoms with Crippen molar-refractivity contribution in [1.29, 1.82) is 0 Å². The van der Waals surface area contributed by atoms with E-state index in [0.29, 0.717) is 25.9 Å². The minimum Gasteiger partial charge on any atom is -0.480 e. The number of hydrogen-bond acceptors (Lipinski definition) is 4. The number of likely N-dealkylation sites (tertiary alicyclic amines) is 1. The van der Waals surface area contributed by atoms with Crippen LogP contribution in [-0.4, -0.2) is 53.9 Å². The van der Waals surface area contributed by atoms with Gasteiger partial charge in [0.25, 0.3) is 5.91 Å². The molecule has 21 heavy (non-hydrogen) atoms. The fourth-order valence-electron chi connectivity index (χ4n) is 2.41. The SMILES string of the molecule is CSc1ccccc1C(=O)N1CCC(OCC(=O)O)CC1. The summed E-state index contributed by atoms with van der Waals surface area (Å²) in [6.45, 7) is 0.936. The number of benzene rings is 1. The molecule has 114 valence electrons. The number of rotatable bonds is 5. The molecular formula is C15H19NO4S. The Balaban J connectivity index is 1.92. The average Bonchev–Trinajstić information content (AvgIpc) is 2.52. The normalized spacial score (nSPS) is 16.0. The topological polar surface area (TPSA) is 66.8 Å². The Morgan fingerprint density at radius 1 is 1.33 bits per heavy atom. The van der Waals surface area contributed by atoms with Gasteiger partial charge in [0, 0.05) is 18.0 Å². The van der Waals surface area contributed by atoms with Gasteiger partial charge >= 0.3 is 5.97 Å². The predicted molar refractivity (Wildman–Crippen MR) is 80.7 cm³/mol. The molecule has 1 aliphatic heterocycles. The Labute approximate surface area is 128 Å². The highest BCUT2D eigenvalue weighted by atomic mass is 32.2. The molecule has 1 aromatic rings. The second kappa shape index (κ2) is 7.47. The Kier molecular flexibility index (Phi) is 5.64. The van der Waals surface area contributed by atoms with E-state index in [4.69, 9.17) is 9.84 Å². The number of nitrogens with zero attached hydrogens (tertiary/aromatic N) is 1. The van der Waals surface area contributed by atoms with E-state index < -0.39 is 5.97 Å². The highest BCUT2D eigenvalue weighted by Crippen LogP contribution is 2.23. The van der Waals surface area contributed by atoms with Crippen LogP contribution in [0.5, 0.6) is 0 Å². The first-order chi connectivity index (χ1) is 10.1. The summed E-state index contributed by atoms with van der Waals surface area (Å²) in [6.07, 6.45) is 3.25. The van der Waals surface area contributed by atoms with Gasteiger partial charge in [0.15, 0.2) is 0 Å². The molecule has 0 atom stereocenters. The van der Waals surface area contributed by atoms with Gasteiger partial charge in [0.05, 0.1) is 11.7 Å². The van der Waals surface area contributed by atoms with E-state index in [9.17, 15) is 9.59 Å². The van der Waals surface area contributed by atoms with E-state index in [-0.39, 0.29) is 18.6 Å². The van der Waals surface area contributed by atoms with Crippen LogP contribution in [-0.2, 0) is 9.53 Å². The fraction of sp³-hybridized carbons (Fsp3) is 0.467. The van der Waals surface area contributed by atoms with E-state index in [2.05, 4.69) is 0 Å². The number of carboxylic acids is 1. The fourth-order valence-corrected chi connectivity index (χ4v) is 3.00. The summed E-state index contributed by atoms with van der Waals surface area (Å²) in [5, 5.41) is 8.60. The number of amides is 1. The van der Waals surface area contributed by atoms with Crippen molar-refractivity contribution >= 4 is 23.6 Å². The van der Waals surface area contributed by atoms with Crippen LogP contribution in [0, 0.1) is 0 Å². The molecule has 0 radical (unpaired) electrons. The third-order valence-corrected chi connectivity index (χ3v) is 4.30. The predicted octanol–water partition coefficient (Wildman–Crippen LogP) is 2.11. The molecule has 1 heterocycles. The molecule has 1 fully saturated rings. The van der Waals surface area contributed by atoms with Gasteiger partial charge in [-0.15, -0.1) is 11.8 Å². The lowest BCUT2D eigenvalue weighted by molar-refractivity contribution is -0.145. The molecule has 5 nitrogen and oxygen atoms in total.